The molecule has 1 amide bonds. The molecule has 0 spiro atoms. The summed E-state index contributed by atoms with van der Waals surface area (Å²) in [4.78, 5) is 12.0. The van der Waals surface area contributed by atoms with Crippen molar-refractivity contribution in [3.63, 3.8) is 0 Å². The molecule has 21 heavy (non-hydrogen) atoms. The van der Waals surface area contributed by atoms with Crippen molar-refractivity contribution < 1.29 is 13.2 Å². The number of carbonyl (C=O) groups is 1. The van der Waals surface area contributed by atoms with Crippen LogP contribution >= 0.6 is 11.6 Å². The Hall–Kier alpha value is -1.31. The third-order valence-electron chi connectivity index (χ3n) is 3.82. The van der Waals surface area contributed by atoms with Gasteiger partial charge >= 0.3 is 0 Å². The number of sulfonamides is 1. The Balaban J connectivity index is 2.30. The van der Waals surface area contributed by atoms with Crippen LogP contribution in [-0.2, 0) is 14.8 Å². The number of benzene rings is 1. The second kappa shape index (κ2) is 5.47. The minimum Gasteiger partial charge on any atom is -0.397 e. The molecule has 1 aromatic carbocycles. The second-order valence-electron chi connectivity index (χ2n) is 5.41. The average molecular weight is 332 g/mol. The van der Waals surface area contributed by atoms with Crippen LogP contribution in [0.1, 0.15) is 13.3 Å². The van der Waals surface area contributed by atoms with Crippen LogP contribution in [0.5, 0.6) is 0 Å². The first-order valence-corrected chi connectivity index (χ1v) is 8.30. The summed E-state index contributed by atoms with van der Waals surface area (Å²) in [7, 11) is -2.13. The van der Waals surface area contributed by atoms with Gasteiger partial charge in [-0.15, -0.1) is 0 Å². The number of halogens is 1. The lowest BCUT2D eigenvalue weighted by molar-refractivity contribution is -0.128. The second-order valence-corrected chi connectivity index (χ2v) is 7.76. The van der Waals surface area contributed by atoms with E-state index in [9.17, 15) is 13.2 Å². The van der Waals surface area contributed by atoms with Crippen LogP contribution in [-0.4, -0.2) is 38.8 Å². The number of nitrogens with zero attached hydrogens (tertiary/aromatic N) is 1. The summed E-state index contributed by atoms with van der Waals surface area (Å²) in [6.45, 7) is 2.21. The molecule has 2 rings (SSSR count). The third-order valence-corrected chi connectivity index (χ3v) is 6.00. The van der Waals surface area contributed by atoms with Crippen molar-refractivity contribution in [1.29, 1.82) is 0 Å². The number of nitrogens with two attached hydrogens (primary N) is 1. The molecule has 1 aliphatic heterocycles. The quantitative estimate of drug-likeness (QED) is 0.810. The highest BCUT2D eigenvalue weighted by Crippen LogP contribution is 2.34. The topological polar surface area (TPSA) is 92.5 Å². The minimum atomic E-state index is -3.68. The fraction of sp³-hybridized carbons (Fsp3) is 0.462. The van der Waals surface area contributed by atoms with Gasteiger partial charge in [0.25, 0.3) is 0 Å². The lowest BCUT2D eigenvalue weighted by Gasteiger charge is -2.22. The van der Waals surface area contributed by atoms with Crippen LogP contribution in [0.4, 0.5) is 5.69 Å². The Labute approximate surface area is 129 Å². The summed E-state index contributed by atoms with van der Waals surface area (Å²) >= 11 is 5.81. The van der Waals surface area contributed by atoms with Gasteiger partial charge in [0.2, 0.25) is 15.9 Å². The molecule has 3 N–H and O–H groups in total. The van der Waals surface area contributed by atoms with E-state index in [-0.39, 0.29) is 23.0 Å². The number of amides is 1. The first kappa shape index (κ1) is 16.1. The summed E-state index contributed by atoms with van der Waals surface area (Å²) in [5.41, 5.74) is 5.17. The lowest BCUT2D eigenvalue weighted by atomic mass is 9.89. The molecule has 1 atom stereocenters. The van der Waals surface area contributed by atoms with Gasteiger partial charge < -0.3 is 11.1 Å². The van der Waals surface area contributed by atoms with Crippen molar-refractivity contribution in [3.05, 3.63) is 23.2 Å². The maximum atomic E-state index is 12.6. The molecule has 1 unspecified atom stereocenters. The predicted octanol–water partition coefficient (Wildman–Crippen LogP) is 1.07. The smallest absolute Gasteiger partial charge is 0.243 e. The van der Waals surface area contributed by atoms with E-state index in [1.54, 1.807) is 14.0 Å². The highest BCUT2D eigenvalue weighted by atomic mass is 35.5. The molecule has 0 aliphatic carbocycles. The number of carbonyl (C=O) groups excluding carboxylic acids is 1. The summed E-state index contributed by atoms with van der Waals surface area (Å²) in [5, 5.41) is 2.89. The fourth-order valence-electron chi connectivity index (χ4n) is 2.44. The third kappa shape index (κ3) is 2.86. The zero-order chi connectivity index (χ0) is 15.8. The van der Waals surface area contributed by atoms with E-state index in [4.69, 9.17) is 17.3 Å². The molecule has 0 saturated carbocycles. The molecule has 0 aromatic heterocycles. The van der Waals surface area contributed by atoms with Crippen LogP contribution in [0.2, 0.25) is 5.02 Å². The lowest BCUT2D eigenvalue weighted by Crippen LogP contribution is -2.40. The molecule has 0 bridgehead atoms. The van der Waals surface area contributed by atoms with E-state index in [0.717, 1.165) is 0 Å². The van der Waals surface area contributed by atoms with Crippen LogP contribution in [0, 0.1) is 5.41 Å². The van der Waals surface area contributed by atoms with E-state index in [1.807, 2.05) is 0 Å². The van der Waals surface area contributed by atoms with Crippen molar-refractivity contribution >= 4 is 33.2 Å². The highest BCUT2D eigenvalue weighted by Gasteiger charge is 2.44. The zero-order valence-corrected chi connectivity index (χ0v) is 13.5. The molecule has 1 aliphatic rings. The molecule has 1 fully saturated rings. The van der Waals surface area contributed by atoms with Gasteiger partial charge in [-0.05, 0) is 31.5 Å². The van der Waals surface area contributed by atoms with Gasteiger partial charge in [-0.25, -0.2) is 8.42 Å². The molecule has 6 nitrogen and oxygen atoms in total. The predicted molar refractivity (Wildman–Crippen MR) is 81.4 cm³/mol. The summed E-state index contributed by atoms with van der Waals surface area (Å²) < 4.78 is 26.5. The largest absolute Gasteiger partial charge is 0.397 e. The van der Waals surface area contributed by atoms with E-state index in [2.05, 4.69) is 5.32 Å². The van der Waals surface area contributed by atoms with Crippen molar-refractivity contribution in [2.45, 2.75) is 18.2 Å². The number of rotatable bonds is 3. The maximum Gasteiger partial charge on any atom is 0.243 e. The Morgan fingerprint density at radius 3 is 2.71 bits per heavy atom. The first-order chi connectivity index (χ1) is 9.70. The Bertz CT molecular complexity index is 677. The van der Waals surface area contributed by atoms with Gasteiger partial charge in [0.15, 0.2) is 0 Å². The van der Waals surface area contributed by atoms with E-state index >= 15 is 0 Å². The van der Waals surface area contributed by atoms with Gasteiger partial charge in [0.05, 0.1) is 21.0 Å². The Kier molecular flexibility index (Phi) is 4.19. The summed E-state index contributed by atoms with van der Waals surface area (Å²) in [6.07, 6.45) is 0.481. The van der Waals surface area contributed by atoms with Crippen LogP contribution < -0.4 is 11.1 Å². The van der Waals surface area contributed by atoms with E-state index < -0.39 is 15.4 Å². The monoisotopic (exact) mass is 331 g/mol. The maximum absolute atomic E-state index is 12.6. The SMILES string of the molecule is CNC(=O)C1(C)CCN(S(=O)(=O)c2ccc(Cl)c(N)c2)C1. The molecule has 8 heteroatoms. The van der Waals surface area contributed by atoms with Crippen LogP contribution in [0.3, 0.4) is 0 Å². The van der Waals surface area contributed by atoms with Crippen LogP contribution in [0.15, 0.2) is 23.1 Å². The van der Waals surface area contributed by atoms with Gasteiger partial charge in [-0.2, -0.15) is 4.31 Å². The number of hydrogen-bond acceptors (Lipinski definition) is 4. The van der Waals surface area contributed by atoms with E-state index in [1.165, 1.54) is 22.5 Å². The zero-order valence-electron chi connectivity index (χ0n) is 11.9. The molecule has 1 heterocycles. The summed E-state index contributed by atoms with van der Waals surface area (Å²) in [6, 6.07) is 4.22. The number of nitrogen functional groups attached to an aromatic ring is 1. The Morgan fingerprint density at radius 1 is 1.48 bits per heavy atom. The molecular formula is C13H18ClN3O3S. The first-order valence-electron chi connectivity index (χ1n) is 6.48. The minimum absolute atomic E-state index is 0.0885. The average Bonchev–Trinajstić information content (AvgIpc) is 2.85. The normalized spacial score (nSPS) is 23.2. The van der Waals surface area contributed by atoms with Gasteiger partial charge in [-0.1, -0.05) is 11.6 Å². The van der Waals surface area contributed by atoms with Crippen molar-refractivity contribution in [2.75, 3.05) is 25.9 Å². The van der Waals surface area contributed by atoms with Gasteiger partial charge in [0, 0.05) is 20.1 Å². The standard InChI is InChI=1S/C13H18ClN3O3S/c1-13(12(18)16-2)5-6-17(8-13)21(19,20)9-3-4-10(14)11(15)7-9/h3-4,7H,5-6,8,15H2,1-2H3,(H,16,18). The molecule has 1 saturated heterocycles. The van der Waals surface area contributed by atoms with Gasteiger partial charge in [-0.3, -0.25) is 4.79 Å². The van der Waals surface area contributed by atoms with Crippen LogP contribution in [0.25, 0.3) is 0 Å². The fourth-order valence-corrected chi connectivity index (χ4v) is 4.16. The van der Waals surface area contributed by atoms with Crippen molar-refractivity contribution in [3.8, 4) is 0 Å². The molecule has 0 radical (unpaired) electrons. The molecule has 116 valence electrons. The van der Waals surface area contributed by atoms with E-state index in [0.29, 0.717) is 18.0 Å². The number of nitrogens with one attached hydrogen (secondary N) is 1. The number of anilines is 1. The molecule has 1 aromatic rings. The molecular weight excluding hydrogens is 314 g/mol. The van der Waals surface area contributed by atoms with Crippen molar-refractivity contribution in [1.82, 2.24) is 9.62 Å². The summed E-state index contributed by atoms with van der Waals surface area (Å²) in [5.74, 6) is -0.157. The number of hydrogen-bond donors (Lipinski definition) is 2. The van der Waals surface area contributed by atoms with Gasteiger partial charge in [0.1, 0.15) is 0 Å². The van der Waals surface area contributed by atoms with Crippen molar-refractivity contribution in [2.24, 2.45) is 5.41 Å². The Morgan fingerprint density at radius 2 is 2.14 bits per heavy atom. The highest BCUT2D eigenvalue weighted by molar-refractivity contribution is 7.89.